The number of carbonyl (C=O) groups excluding carboxylic acids is 1. The van der Waals surface area contributed by atoms with Gasteiger partial charge in [0.05, 0.1) is 6.04 Å². The van der Waals surface area contributed by atoms with Crippen LogP contribution in [0.25, 0.3) is 0 Å². The van der Waals surface area contributed by atoms with Crippen LogP contribution >= 0.6 is 0 Å². The maximum Gasteiger partial charge on any atom is 0.179 e. The average molecular weight is 190 g/mol. The number of hydrogen-bond donors (Lipinski definition) is 1. The van der Waals surface area contributed by atoms with Gasteiger partial charge in [0.2, 0.25) is 0 Å². The van der Waals surface area contributed by atoms with E-state index in [0.29, 0.717) is 11.5 Å². The predicted octanol–water partition coefficient (Wildman–Crippen LogP) is 2.04. The molecule has 0 aliphatic heterocycles. The molecule has 75 valence electrons. The number of benzene rings is 1. The van der Waals surface area contributed by atoms with Crippen LogP contribution < -0.4 is 5.73 Å². The molecule has 0 heterocycles. The van der Waals surface area contributed by atoms with Gasteiger partial charge in [-0.05, 0) is 18.4 Å². The lowest BCUT2D eigenvalue weighted by atomic mass is 9.97. The highest BCUT2D eigenvalue weighted by atomic mass is 16.1. The van der Waals surface area contributed by atoms with Crippen LogP contribution in [0.2, 0.25) is 0 Å². The normalized spacial score (nSPS) is 12.9. The van der Waals surface area contributed by atoms with Crippen molar-refractivity contribution >= 4 is 5.78 Å². The molecule has 0 fully saturated rings. The Labute approximate surface area is 85.1 Å². The van der Waals surface area contributed by atoms with E-state index in [1.54, 1.807) is 24.3 Å². The van der Waals surface area contributed by atoms with E-state index in [4.69, 9.17) is 5.73 Å². The Balaban J connectivity index is 2.66. The van der Waals surface area contributed by atoms with Crippen molar-refractivity contribution in [3.8, 4) is 0 Å². The maximum absolute atomic E-state index is 11.7. The minimum absolute atomic E-state index is 0.0210. The first-order valence-corrected chi connectivity index (χ1v) is 4.87. The van der Waals surface area contributed by atoms with Crippen LogP contribution in [0.1, 0.15) is 30.6 Å². The molecule has 1 radical (unpaired) electrons. The van der Waals surface area contributed by atoms with E-state index < -0.39 is 0 Å². The van der Waals surface area contributed by atoms with Crippen LogP contribution in [0.5, 0.6) is 0 Å². The standard InChI is InChI=1S/C12H16NO/c1-9(2)8-11(13)12(14)10-6-4-3-5-7-10/h4-7,9,11H,8,13H2,1-2H3/t11-/m0/s1. The monoisotopic (exact) mass is 190 g/mol. The lowest BCUT2D eigenvalue weighted by molar-refractivity contribution is 0.0951. The third-order valence-electron chi connectivity index (χ3n) is 2.06. The van der Waals surface area contributed by atoms with Gasteiger partial charge in [0.1, 0.15) is 0 Å². The van der Waals surface area contributed by atoms with Gasteiger partial charge in [-0.1, -0.05) is 38.1 Å². The molecule has 0 saturated heterocycles. The second-order valence-electron chi connectivity index (χ2n) is 3.89. The summed E-state index contributed by atoms with van der Waals surface area (Å²) in [6.45, 7) is 4.12. The molecule has 1 aromatic rings. The topological polar surface area (TPSA) is 43.1 Å². The van der Waals surface area contributed by atoms with Crippen molar-refractivity contribution < 1.29 is 4.79 Å². The summed E-state index contributed by atoms with van der Waals surface area (Å²) >= 11 is 0. The van der Waals surface area contributed by atoms with Gasteiger partial charge >= 0.3 is 0 Å². The van der Waals surface area contributed by atoms with Gasteiger partial charge in [-0.15, -0.1) is 0 Å². The van der Waals surface area contributed by atoms with Crippen LogP contribution in [0.15, 0.2) is 24.3 Å². The summed E-state index contributed by atoms with van der Waals surface area (Å²) < 4.78 is 0. The van der Waals surface area contributed by atoms with E-state index in [9.17, 15) is 4.79 Å². The highest BCUT2D eigenvalue weighted by Gasteiger charge is 2.16. The Kier molecular flexibility index (Phi) is 3.84. The van der Waals surface area contributed by atoms with Crippen LogP contribution in [0, 0.1) is 12.0 Å². The van der Waals surface area contributed by atoms with E-state index in [1.807, 2.05) is 0 Å². The number of carbonyl (C=O) groups is 1. The van der Waals surface area contributed by atoms with Gasteiger partial charge < -0.3 is 5.73 Å². The lowest BCUT2D eigenvalue weighted by Crippen LogP contribution is -2.31. The zero-order valence-corrected chi connectivity index (χ0v) is 8.66. The summed E-state index contributed by atoms with van der Waals surface area (Å²) in [4.78, 5) is 11.7. The van der Waals surface area contributed by atoms with Crippen molar-refractivity contribution in [3.63, 3.8) is 0 Å². The van der Waals surface area contributed by atoms with E-state index in [2.05, 4.69) is 19.9 Å². The molecule has 1 rings (SSSR count). The van der Waals surface area contributed by atoms with Crippen molar-refractivity contribution in [3.05, 3.63) is 35.9 Å². The molecular weight excluding hydrogens is 174 g/mol. The summed E-state index contributed by atoms with van der Waals surface area (Å²) in [7, 11) is 0. The van der Waals surface area contributed by atoms with E-state index in [0.717, 1.165) is 6.42 Å². The zero-order chi connectivity index (χ0) is 10.6. The quantitative estimate of drug-likeness (QED) is 0.738. The van der Waals surface area contributed by atoms with Crippen molar-refractivity contribution in [2.45, 2.75) is 26.3 Å². The number of hydrogen-bond acceptors (Lipinski definition) is 2. The minimum atomic E-state index is -0.377. The number of Topliss-reactive ketones (excluding diaryl/α,β-unsaturated/α-hetero) is 1. The fraction of sp³-hybridized carbons (Fsp3) is 0.417. The Morgan fingerprint density at radius 1 is 1.43 bits per heavy atom. The molecule has 1 atom stereocenters. The lowest BCUT2D eigenvalue weighted by Gasteiger charge is -2.12. The Morgan fingerprint density at radius 3 is 2.50 bits per heavy atom. The van der Waals surface area contributed by atoms with Gasteiger partial charge in [-0.2, -0.15) is 0 Å². The van der Waals surface area contributed by atoms with Gasteiger partial charge in [-0.25, -0.2) is 0 Å². The summed E-state index contributed by atoms with van der Waals surface area (Å²) in [6, 6.07) is 9.46. The average Bonchev–Trinajstić information content (AvgIpc) is 2.17. The van der Waals surface area contributed by atoms with Crippen molar-refractivity contribution in [1.82, 2.24) is 0 Å². The molecule has 0 bridgehead atoms. The minimum Gasteiger partial charge on any atom is -0.321 e. The predicted molar refractivity (Wildman–Crippen MR) is 57.0 cm³/mol. The second kappa shape index (κ2) is 4.91. The van der Waals surface area contributed by atoms with Gasteiger partial charge in [0.25, 0.3) is 0 Å². The summed E-state index contributed by atoms with van der Waals surface area (Å²) in [6.07, 6.45) is 0.734. The fourth-order valence-electron chi connectivity index (χ4n) is 1.38. The van der Waals surface area contributed by atoms with Crippen molar-refractivity contribution in [2.24, 2.45) is 11.7 Å². The molecule has 0 amide bonds. The molecule has 0 spiro atoms. The number of ketones is 1. The molecule has 0 saturated carbocycles. The highest BCUT2D eigenvalue weighted by Crippen LogP contribution is 2.08. The molecule has 0 aromatic heterocycles. The zero-order valence-electron chi connectivity index (χ0n) is 8.66. The van der Waals surface area contributed by atoms with Crippen LogP contribution in [-0.4, -0.2) is 11.8 Å². The van der Waals surface area contributed by atoms with E-state index in [-0.39, 0.29) is 11.8 Å². The molecule has 1 aromatic carbocycles. The third-order valence-corrected chi connectivity index (χ3v) is 2.06. The fourth-order valence-corrected chi connectivity index (χ4v) is 1.38. The van der Waals surface area contributed by atoms with Gasteiger partial charge in [0, 0.05) is 5.56 Å². The van der Waals surface area contributed by atoms with Crippen LogP contribution in [0.3, 0.4) is 0 Å². The van der Waals surface area contributed by atoms with E-state index in [1.165, 1.54) is 0 Å². The molecule has 0 aliphatic carbocycles. The first-order valence-electron chi connectivity index (χ1n) is 4.87. The molecule has 14 heavy (non-hydrogen) atoms. The van der Waals surface area contributed by atoms with Crippen LogP contribution in [-0.2, 0) is 0 Å². The third kappa shape index (κ3) is 2.96. The first-order chi connectivity index (χ1) is 6.61. The number of rotatable bonds is 4. The van der Waals surface area contributed by atoms with Crippen molar-refractivity contribution in [2.75, 3.05) is 0 Å². The smallest absolute Gasteiger partial charge is 0.179 e. The van der Waals surface area contributed by atoms with Crippen molar-refractivity contribution in [1.29, 1.82) is 0 Å². The van der Waals surface area contributed by atoms with Gasteiger partial charge in [-0.3, -0.25) is 4.79 Å². The Bertz CT molecular complexity index is 292. The summed E-state index contributed by atoms with van der Waals surface area (Å²) in [5.74, 6) is 0.469. The summed E-state index contributed by atoms with van der Waals surface area (Å²) in [5.41, 5.74) is 6.47. The van der Waals surface area contributed by atoms with Gasteiger partial charge in [0.15, 0.2) is 5.78 Å². The molecule has 2 nitrogen and oxygen atoms in total. The molecule has 0 unspecified atom stereocenters. The molecular formula is C12H16NO. The first kappa shape index (κ1) is 10.9. The Morgan fingerprint density at radius 2 is 2.00 bits per heavy atom. The Hall–Kier alpha value is -1.15. The molecule has 2 N–H and O–H groups in total. The molecule has 2 heteroatoms. The van der Waals surface area contributed by atoms with Crippen LogP contribution in [0.4, 0.5) is 0 Å². The maximum atomic E-state index is 11.7. The number of nitrogens with two attached hydrogens (primary N) is 1. The molecule has 0 aliphatic rings. The highest BCUT2D eigenvalue weighted by molar-refractivity contribution is 5.99. The van der Waals surface area contributed by atoms with E-state index >= 15 is 0 Å². The largest absolute Gasteiger partial charge is 0.321 e. The summed E-state index contributed by atoms with van der Waals surface area (Å²) in [5, 5.41) is 0. The SMILES string of the molecule is CC(C)C[C@H](N)C(=O)c1cc[c]cc1. The second-order valence-corrected chi connectivity index (χ2v) is 3.89.